The van der Waals surface area contributed by atoms with Crippen LogP contribution < -0.4 is 36.2 Å². The zero-order chi connectivity index (χ0) is 35.3. The molecule has 3 aromatic rings. The first-order valence-corrected chi connectivity index (χ1v) is 17.3. The minimum absolute atomic E-state index is 0. The first-order chi connectivity index (χ1) is 23.4. The van der Waals surface area contributed by atoms with Gasteiger partial charge in [0.1, 0.15) is 11.7 Å². The van der Waals surface area contributed by atoms with Crippen molar-refractivity contribution in [3.05, 3.63) is 83.8 Å². The van der Waals surface area contributed by atoms with Crippen LogP contribution in [0.2, 0.25) is 0 Å². The molecule has 10 heteroatoms. The molecule has 260 valence electrons. The Morgan fingerprint density at radius 2 is 1.70 bits per heavy atom. The van der Waals surface area contributed by atoms with Crippen LogP contribution in [0.4, 0.5) is 0 Å². The van der Waals surface area contributed by atoms with E-state index in [2.05, 4.69) is 41.2 Å². The first-order valence-electron chi connectivity index (χ1n) is 17.3. The van der Waals surface area contributed by atoms with E-state index in [1.165, 1.54) is 7.11 Å². The average Bonchev–Trinajstić information content (AvgIpc) is 3.80. The number of hydrogen-bond donors (Lipinski definition) is 1. The van der Waals surface area contributed by atoms with Crippen LogP contribution in [0.25, 0.3) is 41.0 Å². The zero-order valence-electron chi connectivity index (χ0n) is 30.5. The van der Waals surface area contributed by atoms with Gasteiger partial charge in [0.2, 0.25) is 0 Å². The van der Waals surface area contributed by atoms with Gasteiger partial charge in [0, 0.05) is 11.6 Å². The van der Waals surface area contributed by atoms with E-state index in [0.29, 0.717) is 40.8 Å². The number of aliphatic hydroxyl groups excluding tert-OH is 1. The summed E-state index contributed by atoms with van der Waals surface area (Å²) < 4.78 is 10.8. The van der Waals surface area contributed by atoms with E-state index in [1.807, 2.05) is 38.2 Å². The van der Waals surface area contributed by atoms with Gasteiger partial charge in [-0.15, -0.1) is 33.1 Å². The summed E-state index contributed by atoms with van der Waals surface area (Å²) in [5.41, 5.74) is 8.49. The van der Waals surface area contributed by atoms with Crippen LogP contribution in [-0.4, -0.2) is 59.9 Å². The van der Waals surface area contributed by atoms with E-state index in [9.17, 15) is 14.7 Å². The van der Waals surface area contributed by atoms with Crippen molar-refractivity contribution in [1.29, 1.82) is 0 Å². The molecule has 3 aliphatic rings. The molecule has 0 aromatic carbocycles. The second-order valence-electron chi connectivity index (χ2n) is 13.9. The number of ether oxygens (including phenoxy) is 2. The van der Waals surface area contributed by atoms with Crippen molar-refractivity contribution in [3.8, 4) is 0 Å². The van der Waals surface area contributed by atoms with E-state index in [4.69, 9.17) is 29.7 Å². The summed E-state index contributed by atoms with van der Waals surface area (Å²) >= 11 is 0. The second-order valence-corrected chi connectivity index (χ2v) is 13.9. The van der Waals surface area contributed by atoms with Gasteiger partial charge in [-0.3, -0.25) is 9.59 Å². The van der Waals surface area contributed by atoms with Crippen LogP contribution in [0, 0.1) is 44.4 Å². The molecule has 4 atom stereocenters. The first kappa shape index (κ1) is 37.4. The largest absolute Gasteiger partial charge is 2.00 e. The van der Waals surface area contributed by atoms with Crippen LogP contribution in [-0.2, 0) is 25.5 Å². The average molecular weight is 687 g/mol. The third kappa shape index (κ3) is 6.41. The monoisotopic (exact) mass is 686 g/mol. The van der Waals surface area contributed by atoms with Gasteiger partial charge in [-0.25, -0.2) is 0 Å². The van der Waals surface area contributed by atoms with Gasteiger partial charge in [0.25, 0.3) is 0 Å². The molecule has 6 rings (SSSR count). The fourth-order valence-electron chi connectivity index (χ4n) is 7.68. The van der Waals surface area contributed by atoms with Gasteiger partial charge in [-0.2, -0.15) is 5.70 Å². The predicted octanol–water partition coefficient (Wildman–Crippen LogP) is 3.32. The molecular weight excluding hydrogens is 641 g/mol. The van der Waals surface area contributed by atoms with E-state index < -0.39 is 17.9 Å². The molecular formula is C40H46MgN4O5-2. The Balaban J connectivity index is 0.00000486. The van der Waals surface area contributed by atoms with Crippen LogP contribution in [0.15, 0.2) is 12.3 Å². The van der Waals surface area contributed by atoms with Gasteiger partial charge in [-0.05, 0) is 63.4 Å². The van der Waals surface area contributed by atoms with Gasteiger partial charge in [-0.1, -0.05) is 92.4 Å². The number of allylic oxidation sites excluding steroid dienone is 1. The molecule has 0 saturated carbocycles. The SMILES string of the molecule is C=Cc1c2[n-]c(c1C)/C=C1\[N-]C(C3=c4[n-]c(c(C)c4=C(O)[C@@H]3C(=O)OC)/C=c3\[n-]/c(c(C)c3CC)=C\2)[C@@H](CCC(=O)OCCC(C)C)[C@@H]1C.[Mg+2]. The van der Waals surface area contributed by atoms with E-state index in [1.54, 1.807) is 0 Å². The number of esters is 2. The Kier molecular flexibility index (Phi) is 11.0. The van der Waals surface area contributed by atoms with E-state index in [-0.39, 0.29) is 53.0 Å². The molecule has 3 aromatic heterocycles. The quantitative estimate of drug-likeness (QED) is 0.268. The number of nitrogens with zero attached hydrogens (tertiary/aromatic N) is 4. The third-order valence-electron chi connectivity index (χ3n) is 10.6. The maximum absolute atomic E-state index is 13.4. The summed E-state index contributed by atoms with van der Waals surface area (Å²) in [4.78, 5) is 41.6. The number of fused-ring (bicyclic) bond motifs is 8. The number of methoxy groups -OCH3 is 1. The van der Waals surface area contributed by atoms with E-state index >= 15 is 0 Å². The predicted molar refractivity (Wildman–Crippen MR) is 197 cm³/mol. The Bertz CT molecular complexity index is 2130. The fraction of sp³-hybridized carbons (Fsp3) is 0.450. The van der Waals surface area contributed by atoms with Crippen LogP contribution in [0.5, 0.6) is 0 Å². The molecule has 1 N–H and O–H groups in total. The summed E-state index contributed by atoms with van der Waals surface area (Å²) in [5.74, 6) is -1.83. The second kappa shape index (κ2) is 14.8. The van der Waals surface area contributed by atoms with Crippen molar-refractivity contribution < 1.29 is 24.2 Å². The molecule has 1 fully saturated rings. The summed E-state index contributed by atoms with van der Waals surface area (Å²) in [6.07, 6.45) is 10.1. The Labute approximate surface area is 309 Å². The Morgan fingerprint density at radius 1 is 1.00 bits per heavy atom. The molecule has 1 aliphatic carbocycles. The standard InChI is InChI=1S/C40H46N4O5.Mg/c1-10-24-20(5)27-16-29-22(7)26(12-13-33(45)49-15-14-19(3)4)37(43-29)35-36(40(47)48-9)39(46)34-23(8)30(44-38(34)35)18-32-25(11-2)21(6)28(42-32)17-31(24)41-27;/h10,16-19,22,26,36-37,46H,1,11-15H2,2-9H3;/q-4;+2/b28-17-,29-16-,32-18-;/t22-,26-,36+,37?;/m0./s1. The number of carbonyl (C=O) groups excluding carboxylic acids is 2. The Morgan fingerprint density at radius 3 is 2.36 bits per heavy atom. The van der Waals surface area contributed by atoms with Crippen molar-refractivity contribution in [2.24, 2.45) is 23.7 Å². The van der Waals surface area contributed by atoms with Crippen LogP contribution in [0.3, 0.4) is 0 Å². The number of hydrogen-bond acceptors (Lipinski definition) is 5. The Hall–Kier alpha value is -3.89. The minimum Gasteiger partial charge on any atom is -0.681 e. The maximum Gasteiger partial charge on any atom is 2.00 e. The van der Waals surface area contributed by atoms with Gasteiger partial charge in [0.05, 0.1) is 13.7 Å². The summed E-state index contributed by atoms with van der Waals surface area (Å²) in [6, 6.07) is -0.551. The van der Waals surface area contributed by atoms with Crippen molar-refractivity contribution in [3.63, 3.8) is 0 Å². The number of rotatable bonds is 9. The maximum atomic E-state index is 13.4. The molecule has 0 radical (unpaired) electrons. The van der Waals surface area contributed by atoms with Gasteiger partial charge in [0.15, 0.2) is 0 Å². The van der Waals surface area contributed by atoms with Crippen molar-refractivity contribution in [2.75, 3.05) is 13.7 Å². The molecule has 8 bridgehead atoms. The molecule has 0 spiro atoms. The van der Waals surface area contributed by atoms with E-state index in [0.717, 1.165) is 68.4 Å². The number of carbonyl (C=O) groups is 2. The fourth-order valence-corrected chi connectivity index (χ4v) is 7.68. The third-order valence-corrected chi connectivity index (χ3v) is 10.6. The molecule has 2 aliphatic heterocycles. The molecule has 1 saturated heterocycles. The van der Waals surface area contributed by atoms with Crippen LogP contribution >= 0.6 is 0 Å². The minimum atomic E-state index is -1.06. The normalized spacial score (nSPS) is 22.9. The summed E-state index contributed by atoms with van der Waals surface area (Å²) in [6.45, 7) is 18.9. The zero-order valence-corrected chi connectivity index (χ0v) is 31.9. The van der Waals surface area contributed by atoms with Crippen molar-refractivity contribution in [1.82, 2.24) is 15.0 Å². The van der Waals surface area contributed by atoms with Crippen LogP contribution in [0.1, 0.15) is 91.9 Å². The summed E-state index contributed by atoms with van der Waals surface area (Å²) in [7, 11) is 1.32. The van der Waals surface area contributed by atoms with Crippen molar-refractivity contribution >= 4 is 70.6 Å². The molecule has 50 heavy (non-hydrogen) atoms. The molecule has 0 amide bonds. The molecule has 5 heterocycles. The number of aromatic nitrogens is 3. The molecule has 9 nitrogen and oxygen atoms in total. The van der Waals surface area contributed by atoms with Gasteiger partial charge < -0.3 is 34.8 Å². The molecule has 1 unspecified atom stereocenters. The topological polar surface area (TPSA) is 129 Å². The van der Waals surface area contributed by atoms with Crippen molar-refractivity contribution in [2.45, 2.75) is 80.2 Å². The summed E-state index contributed by atoms with van der Waals surface area (Å²) in [5, 5.41) is 19.7. The van der Waals surface area contributed by atoms with Gasteiger partial charge >= 0.3 is 35.0 Å². The number of aliphatic hydroxyl groups is 1. The smallest absolute Gasteiger partial charge is 0.681 e.